The summed E-state index contributed by atoms with van der Waals surface area (Å²) in [6.07, 6.45) is 0. The molecule has 0 saturated heterocycles. The van der Waals surface area contributed by atoms with Crippen LogP contribution in [0.25, 0.3) is 11.0 Å². The molecule has 0 bridgehead atoms. The number of aromatic nitrogens is 3. The second kappa shape index (κ2) is 5.80. The van der Waals surface area contributed by atoms with Gasteiger partial charge < -0.3 is 10.2 Å². The molecular formula is C14H11ClN4O2. The number of rotatable bonds is 4. The molecule has 7 heteroatoms. The Kier molecular flexibility index (Phi) is 3.70. The van der Waals surface area contributed by atoms with E-state index in [2.05, 4.69) is 15.6 Å². The Labute approximate surface area is 125 Å². The predicted octanol–water partition coefficient (Wildman–Crippen LogP) is 2.15. The first-order chi connectivity index (χ1) is 10.2. The Morgan fingerprint density at radius 1 is 1.19 bits per heavy atom. The lowest BCUT2D eigenvalue weighted by Gasteiger charge is -2.07. The van der Waals surface area contributed by atoms with E-state index in [0.717, 1.165) is 0 Å². The number of para-hydroxylation sites is 1. The Morgan fingerprint density at radius 2 is 1.95 bits per heavy atom. The van der Waals surface area contributed by atoms with Crippen molar-refractivity contribution in [1.82, 2.24) is 15.2 Å². The first-order valence-electron chi connectivity index (χ1n) is 6.21. The Morgan fingerprint density at radius 3 is 2.76 bits per heavy atom. The molecular weight excluding hydrogens is 292 g/mol. The normalized spacial score (nSPS) is 10.5. The van der Waals surface area contributed by atoms with Crippen LogP contribution >= 0.6 is 11.6 Å². The van der Waals surface area contributed by atoms with E-state index < -0.39 is 0 Å². The van der Waals surface area contributed by atoms with Crippen LogP contribution in [0.1, 0.15) is 0 Å². The van der Waals surface area contributed by atoms with E-state index in [1.807, 2.05) is 24.3 Å². The molecule has 1 amide bonds. The van der Waals surface area contributed by atoms with Gasteiger partial charge in [-0.15, -0.1) is 5.10 Å². The summed E-state index contributed by atoms with van der Waals surface area (Å²) in [6, 6.07) is 14.2. The molecule has 1 N–H and O–H groups in total. The number of amides is 1. The van der Waals surface area contributed by atoms with E-state index >= 15 is 0 Å². The fourth-order valence-corrected chi connectivity index (χ4v) is 1.92. The highest BCUT2D eigenvalue weighted by Gasteiger charge is 2.07. The van der Waals surface area contributed by atoms with Crippen molar-refractivity contribution in [2.75, 3.05) is 11.9 Å². The summed E-state index contributed by atoms with van der Waals surface area (Å²) < 4.78 is 0. The first kappa shape index (κ1) is 13.4. The smallest absolute Gasteiger partial charge is 0.265 e. The van der Waals surface area contributed by atoms with Crippen molar-refractivity contribution in [3.63, 3.8) is 0 Å². The summed E-state index contributed by atoms with van der Waals surface area (Å²) in [7, 11) is 0. The van der Waals surface area contributed by atoms with Crippen LogP contribution in [0.5, 0.6) is 0 Å². The number of nitrogens with one attached hydrogen (secondary N) is 1. The molecule has 106 valence electrons. The second-order valence-electron chi connectivity index (χ2n) is 4.28. The van der Waals surface area contributed by atoms with E-state index in [4.69, 9.17) is 16.4 Å². The van der Waals surface area contributed by atoms with E-state index in [-0.39, 0.29) is 12.5 Å². The van der Waals surface area contributed by atoms with Crippen molar-refractivity contribution in [1.29, 1.82) is 0 Å². The molecule has 1 heterocycles. The molecule has 0 aliphatic carbocycles. The molecule has 1 aromatic heterocycles. The van der Waals surface area contributed by atoms with Crippen molar-refractivity contribution in [3.05, 3.63) is 53.6 Å². The molecule has 0 aliphatic heterocycles. The van der Waals surface area contributed by atoms with Gasteiger partial charge in [-0.25, -0.2) is 0 Å². The minimum Gasteiger partial charge on any atom is -0.385 e. The van der Waals surface area contributed by atoms with Gasteiger partial charge in [-0.3, -0.25) is 4.79 Å². The maximum atomic E-state index is 11.8. The molecule has 6 nitrogen and oxygen atoms in total. The van der Waals surface area contributed by atoms with Crippen LogP contribution in [-0.2, 0) is 4.79 Å². The minimum absolute atomic E-state index is 0.171. The lowest BCUT2D eigenvalue weighted by molar-refractivity contribution is -0.121. The lowest BCUT2D eigenvalue weighted by atomic mass is 10.3. The van der Waals surface area contributed by atoms with Gasteiger partial charge in [0.25, 0.3) is 5.91 Å². The highest BCUT2D eigenvalue weighted by molar-refractivity contribution is 6.30. The van der Waals surface area contributed by atoms with Crippen LogP contribution in [0.4, 0.5) is 5.69 Å². The molecule has 0 radical (unpaired) electrons. The quantitative estimate of drug-likeness (QED) is 0.802. The van der Waals surface area contributed by atoms with Gasteiger partial charge in [0.1, 0.15) is 11.0 Å². The molecule has 3 rings (SSSR count). The molecule has 0 saturated carbocycles. The zero-order valence-corrected chi connectivity index (χ0v) is 11.6. The van der Waals surface area contributed by atoms with Crippen molar-refractivity contribution in [2.45, 2.75) is 0 Å². The van der Waals surface area contributed by atoms with E-state index in [0.29, 0.717) is 21.7 Å². The fraction of sp³-hybridized carbons (Fsp3) is 0.0714. The third-order valence-corrected chi connectivity index (χ3v) is 3.02. The van der Waals surface area contributed by atoms with Gasteiger partial charge >= 0.3 is 0 Å². The topological polar surface area (TPSA) is 69.0 Å². The van der Waals surface area contributed by atoms with Gasteiger partial charge in [0, 0.05) is 10.7 Å². The SMILES string of the molecule is O=C(COn1nnc2ccccc21)Nc1ccc(Cl)cc1. The summed E-state index contributed by atoms with van der Waals surface area (Å²) in [5, 5.41) is 11.1. The van der Waals surface area contributed by atoms with Crippen LogP contribution in [-0.4, -0.2) is 27.7 Å². The molecule has 21 heavy (non-hydrogen) atoms. The molecule has 2 aromatic carbocycles. The third-order valence-electron chi connectivity index (χ3n) is 2.77. The van der Waals surface area contributed by atoms with Crippen LogP contribution in [0.15, 0.2) is 48.5 Å². The van der Waals surface area contributed by atoms with E-state index in [1.165, 1.54) is 4.85 Å². The zero-order valence-electron chi connectivity index (χ0n) is 10.9. The first-order valence-corrected chi connectivity index (χ1v) is 6.59. The fourth-order valence-electron chi connectivity index (χ4n) is 1.79. The average molecular weight is 303 g/mol. The standard InChI is InChI=1S/C14H11ClN4O2/c15-10-5-7-11(8-6-10)16-14(20)9-21-19-13-4-2-1-3-12(13)17-18-19/h1-8H,9H2,(H,16,20). The number of halogens is 1. The summed E-state index contributed by atoms with van der Waals surface area (Å²) in [5.74, 6) is -0.295. The number of carbonyl (C=O) groups is 1. The maximum Gasteiger partial charge on any atom is 0.265 e. The molecule has 0 atom stereocenters. The summed E-state index contributed by atoms with van der Waals surface area (Å²) in [4.78, 5) is 18.4. The van der Waals surface area contributed by atoms with Crippen molar-refractivity contribution in [2.24, 2.45) is 0 Å². The van der Waals surface area contributed by atoms with Gasteiger partial charge in [-0.1, -0.05) is 28.6 Å². The number of fused-ring (bicyclic) bond motifs is 1. The average Bonchev–Trinajstić information content (AvgIpc) is 2.91. The molecule has 3 aromatic rings. The van der Waals surface area contributed by atoms with Gasteiger partial charge in [0.15, 0.2) is 6.61 Å². The van der Waals surface area contributed by atoms with Crippen LogP contribution < -0.4 is 10.2 Å². The van der Waals surface area contributed by atoms with Gasteiger partial charge in [-0.05, 0) is 41.6 Å². The molecule has 0 unspecified atom stereocenters. The Balaban J connectivity index is 1.62. The van der Waals surface area contributed by atoms with Crippen molar-refractivity contribution in [3.8, 4) is 0 Å². The second-order valence-corrected chi connectivity index (χ2v) is 4.72. The lowest BCUT2D eigenvalue weighted by Crippen LogP contribution is -2.26. The van der Waals surface area contributed by atoms with Gasteiger partial charge in [0.05, 0.1) is 0 Å². The summed E-state index contributed by atoms with van der Waals surface area (Å²) >= 11 is 5.78. The van der Waals surface area contributed by atoms with E-state index in [9.17, 15) is 4.79 Å². The predicted molar refractivity (Wildman–Crippen MR) is 79.1 cm³/mol. The third kappa shape index (κ3) is 3.11. The zero-order chi connectivity index (χ0) is 14.7. The number of nitrogens with zero attached hydrogens (tertiary/aromatic N) is 3. The molecule has 0 aliphatic rings. The largest absolute Gasteiger partial charge is 0.385 e. The monoisotopic (exact) mass is 302 g/mol. The Hall–Kier alpha value is -2.60. The van der Waals surface area contributed by atoms with Crippen LogP contribution in [0.3, 0.4) is 0 Å². The van der Waals surface area contributed by atoms with Gasteiger partial charge in [-0.2, -0.15) is 0 Å². The molecule has 0 fully saturated rings. The number of anilines is 1. The minimum atomic E-state index is -0.295. The van der Waals surface area contributed by atoms with Crippen LogP contribution in [0, 0.1) is 0 Å². The van der Waals surface area contributed by atoms with Gasteiger partial charge in [0.2, 0.25) is 0 Å². The summed E-state index contributed by atoms with van der Waals surface area (Å²) in [5.41, 5.74) is 2.06. The molecule has 0 spiro atoms. The Bertz CT molecular complexity index is 770. The van der Waals surface area contributed by atoms with E-state index in [1.54, 1.807) is 24.3 Å². The number of hydrogen-bond acceptors (Lipinski definition) is 4. The summed E-state index contributed by atoms with van der Waals surface area (Å²) in [6.45, 7) is -0.171. The highest BCUT2D eigenvalue weighted by Crippen LogP contribution is 2.13. The van der Waals surface area contributed by atoms with Crippen molar-refractivity contribution >= 4 is 34.2 Å². The maximum absolute atomic E-state index is 11.8. The van der Waals surface area contributed by atoms with Crippen LogP contribution in [0.2, 0.25) is 5.02 Å². The van der Waals surface area contributed by atoms with Crippen molar-refractivity contribution < 1.29 is 9.63 Å². The highest BCUT2D eigenvalue weighted by atomic mass is 35.5. The number of carbonyl (C=O) groups excluding carboxylic acids is 1. The number of hydrogen-bond donors (Lipinski definition) is 1. The number of benzene rings is 2.